The molecule has 2 nitrogen and oxygen atoms in total. The second kappa shape index (κ2) is 8.57. The average molecular weight is 278 g/mol. The van der Waals surface area contributed by atoms with E-state index in [9.17, 15) is 0 Å². The Morgan fingerprint density at radius 3 is 2.21 bits per heavy atom. The van der Waals surface area contributed by atoms with Gasteiger partial charge >= 0.3 is 0 Å². The molecule has 0 atom stereocenters. The maximum Gasteiger partial charge on any atom is 0.118 e. The molecule has 0 saturated heterocycles. The van der Waals surface area contributed by atoms with Crippen LogP contribution in [0.2, 0.25) is 0 Å². The summed E-state index contributed by atoms with van der Waals surface area (Å²) in [6.07, 6.45) is 1.04. The van der Waals surface area contributed by atoms with E-state index in [1.165, 1.54) is 11.1 Å². The Morgan fingerprint density at radius 2 is 1.58 bits per heavy atom. The Balaban J connectivity index is 0.00000180. The molecule has 2 rings (SSSR count). The van der Waals surface area contributed by atoms with Crippen LogP contribution in [-0.2, 0) is 13.0 Å². The normalized spacial score (nSPS) is 9.74. The summed E-state index contributed by atoms with van der Waals surface area (Å²) in [6.45, 7) is 1.91. The molecule has 0 fully saturated rings. The van der Waals surface area contributed by atoms with Gasteiger partial charge in [-0.3, -0.25) is 0 Å². The van der Waals surface area contributed by atoms with Crippen molar-refractivity contribution in [2.75, 3.05) is 13.7 Å². The minimum absolute atomic E-state index is 0. The minimum Gasteiger partial charge on any atom is -0.497 e. The maximum atomic E-state index is 5.14. The molecule has 0 radical (unpaired) electrons. The predicted octanol–water partition coefficient (Wildman–Crippen LogP) is 3.45. The van der Waals surface area contributed by atoms with Gasteiger partial charge in [0.05, 0.1) is 7.11 Å². The van der Waals surface area contributed by atoms with Crippen molar-refractivity contribution in [2.45, 2.75) is 13.0 Å². The van der Waals surface area contributed by atoms with Crippen LogP contribution in [0, 0.1) is 0 Å². The highest BCUT2D eigenvalue weighted by molar-refractivity contribution is 5.85. The summed E-state index contributed by atoms with van der Waals surface area (Å²) < 4.78 is 5.14. The Labute approximate surface area is 121 Å². The van der Waals surface area contributed by atoms with Crippen molar-refractivity contribution in [3.8, 4) is 5.75 Å². The largest absolute Gasteiger partial charge is 0.497 e. The zero-order chi connectivity index (χ0) is 12.6. The monoisotopic (exact) mass is 277 g/mol. The fourth-order valence-corrected chi connectivity index (χ4v) is 1.85. The lowest BCUT2D eigenvalue weighted by Gasteiger charge is -2.06. The Morgan fingerprint density at radius 1 is 0.895 bits per heavy atom. The molecule has 2 aromatic carbocycles. The van der Waals surface area contributed by atoms with E-state index < -0.39 is 0 Å². The van der Waals surface area contributed by atoms with Gasteiger partial charge in [0.1, 0.15) is 5.75 Å². The molecule has 0 bridgehead atoms. The highest BCUT2D eigenvalue weighted by Gasteiger charge is 1.95. The number of nitrogens with one attached hydrogen (secondary N) is 1. The van der Waals surface area contributed by atoms with Crippen LogP contribution in [0.3, 0.4) is 0 Å². The highest BCUT2D eigenvalue weighted by Crippen LogP contribution is 2.11. The number of rotatable bonds is 6. The van der Waals surface area contributed by atoms with Gasteiger partial charge in [-0.05, 0) is 36.2 Å². The average Bonchev–Trinajstić information content (AvgIpc) is 2.45. The first-order valence-electron chi connectivity index (χ1n) is 6.26. The van der Waals surface area contributed by atoms with E-state index >= 15 is 0 Å². The fraction of sp³-hybridized carbons (Fsp3) is 0.250. The van der Waals surface area contributed by atoms with Crippen LogP contribution in [0.4, 0.5) is 0 Å². The van der Waals surface area contributed by atoms with E-state index in [1.807, 2.05) is 18.2 Å². The Kier molecular flexibility index (Phi) is 7.01. The second-order valence-corrected chi connectivity index (χ2v) is 4.26. The number of benzene rings is 2. The lowest BCUT2D eigenvalue weighted by molar-refractivity contribution is 0.414. The highest BCUT2D eigenvalue weighted by atomic mass is 35.5. The summed E-state index contributed by atoms with van der Waals surface area (Å²) in [6, 6.07) is 18.7. The van der Waals surface area contributed by atoms with Gasteiger partial charge < -0.3 is 10.1 Å². The van der Waals surface area contributed by atoms with Crippen LogP contribution in [-0.4, -0.2) is 13.7 Å². The molecule has 0 saturated carbocycles. The first-order valence-corrected chi connectivity index (χ1v) is 6.26. The summed E-state index contributed by atoms with van der Waals surface area (Å²) in [5.74, 6) is 0.913. The van der Waals surface area contributed by atoms with Crippen molar-refractivity contribution in [1.82, 2.24) is 5.32 Å². The molecule has 19 heavy (non-hydrogen) atoms. The van der Waals surface area contributed by atoms with Crippen LogP contribution in [0.5, 0.6) is 5.75 Å². The third-order valence-electron chi connectivity index (χ3n) is 2.92. The maximum absolute atomic E-state index is 5.14. The van der Waals surface area contributed by atoms with Crippen LogP contribution in [0.15, 0.2) is 54.6 Å². The number of methoxy groups -OCH3 is 1. The summed E-state index contributed by atoms with van der Waals surface area (Å²) in [4.78, 5) is 0. The molecular formula is C16H20ClNO. The van der Waals surface area contributed by atoms with E-state index in [-0.39, 0.29) is 12.4 Å². The summed E-state index contributed by atoms with van der Waals surface area (Å²) in [7, 11) is 1.69. The molecule has 102 valence electrons. The zero-order valence-corrected chi connectivity index (χ0v) is 12.0. The van der Waals surface area contributed by atoms with Crippen LogP contribution >= 0.6 is 12.4 Å². The van der Waals surface area contributed by atoms with Gasteiger partial charge in [0.25, 0.3) is 0 Å². The summed E-state index contributed by atoms with van der Waals surface area (Å²) >= 11 is 0. The van der Waals surface area contributed by atoms with E-state index in [0.717, 1.165) is 25.3 Å². The van der Waals surface area contributed by atoms with Crippen LogP contribution in [0.1, 0.15) is 11.1 Å². The van der Waals surface area contributed by atoms with E-state index in [1.54, 1.807) is 7.11 Å². The molecule has 0 heterocycles. The van der Waals surface area contributed by atoms with Crippen molar-refractivity contribution in [1.29, 1.82) is 0 Å². The molecule has 0 amide bonds. The lowest BCUT2D eigenvalue weighted by Crippen LogP contribution is -2.16. The number of hydrogen-bond donors (Lipinski definition) is 1. The third-order valence-corrected chi connectivity index (χ3v) is 2.92. The van der Waals surface area contributed by atoms with E-state index in [2.05, 4.69) is 41.7 Å². The molecule has 2 aromatic rings. The molecule has 3 heteroatoms. The summed E-state index contributed by atoms with van der Waals surface area (Å²) in [5.41, 5.74) is 2.66. The molecule has 1 N–H and O–H groups in total. The standard InChI is InChI=1S/C16H19NO.ClH/c1-18-16-9-7-14(8-10-16)11-12-17-13-15-5-3-2-4-6-15;/h2-10,17H,11-13H2,1H3;1H. The van der Waals surface area contributed by atoms with Gasteiger partial charge in [-0.1, -0.05) is 42.5 Å². The first-order chi connectivity index (χ1) is 8.88. The molecular weight excluding hydrogens is 258 g/mol. The van der Waals surface area contributed by atoms with Gasteiger partial charge in [0, 0.05) is 6.54 Å². The van der Waals surface area contributed by atoms with Gasteiger partial charge in [-0.15, -0.1) is 12.4 Å². The predicted molar refractivity (Wildman–Crippen MR) is 82.1 cm³/mol. The number of halogens is 1. The van der Waals surface area contributed by atoms with Gasteiger partial charge in [-0.25, -0.2) is 0 Å². The third kappa shape index (κ3) is 5.33. The molecule has 0 spiro atoms. The topological polar surface area (TPSA) is 21.3 Å². The Hall–Kier alpha value is -1.51. The smallest absolute Gasteiger partial charge is 0.118 e. The zero-order valence-electron chi connectivity index (χ0n) is 11.1. The van der Waals surface area contributed by atoms with Crippen molar-refractivity contribution in [2.24, 2.45) is 0 Å². The van der Waals surface area contributed by atoms with Crippen molar-refractivity contribution >= 4 is 12.4 Å². The molecule has 0 aromatic heterocycles. The quantitative estimate of drug-likeness (QED) is 0.817. The molecule has 0 unspecified atom stereocenters. The van der Waals surface area contributed by atoms with Crippen LogP contribution in [0.25, 0.3) is 0 Å². The first kappa shape index (κ1) is 15.5. The molecule has 0 aliphatic heterocycles. The van der Waals surface area contributed by atoms with Crippen molar-refractivity contribution in [3.05, 3.63) is 65.7 Å². The van der Waals surface area contributed by atoms with Gasteiger partial charge in [0.2, 0.25) is 0 Å². The van der Waals surface area contributed by atoms with Crippen LogP contribution < -0.4 is 10.1 Å². The lowest BCUT2D eigenvalue weighted by atomic mass is 10.1. The van der Waals surface area contributed by atoms with Gasteiger partial charge in [0.15, 0.2) is 0 Å². The molecule has 0 aliphatic rings. The second-order valence-electron chi connectivity index (χ2n) is 4.26. The van der Waals surface area contributed by atoms with E-state index in [0.29, 0.717) is 0 Å². The Bertz CT molecular complexity index is 456. The van der Waals surface area contributed by atoms with Crippen molar-refractivity contribution in [3.63, 3.8) is 0 Å². The number of hydrogen-bond acceptors (Lipinski definition) is 2. The SMILES string of the molecule is COc1ccc(CCNCc2ccccc2)cc1.Cl. The number of ether oxygens (including phenoxy) is 1. The van der Waals surface area contributed by atoms with Gasteiger partial charge in [-0.2, -0.15) is 0 Å². The molecule has 0 aliphatic carbocycles. The minimum atomic E-state index is 0. The fourth-order valence-electron chi connectivity index (χ4n) is 1.85. The van der Waals surface area contributed by atoms with Crippen molar-refractivity contribution < 1.29 is 4.74 Å². The summed E-state index contributed by atoms with van der Waals surface area (Å²) in [5, 5.41) is 3.45. The van der Waals surface area contributed by atoms with E-state index in [4.69, 9.17) is 4.74 Å².